The molecule has 1 aromatic heterocycles. The number of nitrogens with zero attached hydrogens (tertiary/aromatic N) is 3. The Labute approximate surface area is 174 Å². The van der Waals surface area contributed by atoms with Crippen LogP contribution in [0.15, 0.2) is 57.5 Å². The zero-order valence-corrected chi connectivity index (χ0v) is 16.6. The van der Waals surface area contributed by atoms with Crippen molar-refractivity contribution in [2.24, 2.45) is 5.73 Å². The summed E-state index contributed by atoms with van der Waals surface area (Å²) in [6.07, 6.45) is -0.970. The summed E-state index contributed by atoms with van der Waals surface area (Å²) in [5, 5.41) is 6.46. The first-order valence-electron chi connectivity index (χ1n) is 8.72. The molecule has 3 N–H and O–H groups in total. The van der Waals surface area contributed by atoms with E-state index in [0.29, 0.717) is 34.0 Å². The van der Waals surface area contributed by atoms with Crippen molar-refractivity contribution in [2.75, 3.05) is 18.0 Å². The van der Waals surface area contributed by atoms with Crippen LogP contribution in [0.5, 0.6) is 0 Å². The van der Waals surface area contributed by atoms with Gasteiger partial charge in [0.1, 0.15) is 6.10 Å². The Hall–Kier alpha value is -3.40. The molecule has 10 heteroatoms. The number of benzene rings is 2. The van der Waals surface area contributed by atoms with Crippen molar-refractivity contribution >= 4 is 33.7 Å². The number of nitrogens with two attached hydrogens (primary N) is 1. The molecule has 0 bridgehead atoms. The maximum absolute atomic E-state index is 12.2. The summed E-state index contributed by atoms with van der Waals surface area (Å²) in [7, 11) is 0. The summed E-state index contributed by atoms with van der Waals surface area (Å²) in [5.41, 5.74) is 7.24. The molecule has 1 aliphatic rings. The number of carbonyl (C=O) groups excluding carboxylic acids is 2. The lowest BCUT2D eigenvalue weighted by molar-refractivity contribution is 0.141. The fourth-order valence-corrected chi connectivity index (χ4v) is 3.47. The molecular formula is C19H16BrN5O4. The number of hydrogen-bond acceptors (Lipinski definition) is 6. The van der Waals surface area contributed by atoms with Crippen LogP contribution in [0.3, 0.4) is 0 Å². The largest absolute Gasteiger partial charge is 0.442 e. The number of carbonyl (C=O) groups is 2. The number of aromatic nitrogens is 2. The highest BCUT2D eigenvalue weighted by Gasteiger charge is 2.32. The van der Waals surface area contributed by atoms with Crippen molar-refractivity contribution in [1.29, 1.82) is 0 Å². The predicted molar refractivity (Wildman–Crippen MR) is 108 cm³/mol. The lowest BCUT2D eigenvalue weighted by Gasteiger charge is -2.14. The van der Waals surface area contributed by atoms with Crippen molar-refractivity contribution < 1.29 is 18.8 Å². The van der Waals surface area contributed by atoms with Crippen LogP contribution in [0.25, 0.3) is 22.8 Å². The van der Waals surface area contributed by atoms with Crippen LogP contribution in [0.4, 0.5) is 15.3 Å². The number of cyclic esters (lactones) is 1. The highest BCUT2D eigenvalue weighted by Crippen LogP contribution is 2.33. The Bertz CT molecular complexity index is 1060. The Balaban J connectivity index is 1.52. The standard InChI is InChI=1S/C19H16BrN5O4/c20-15-8-12(25-10-13(28-19(25)27)9-22-18(21)26)6-7-14(15)17-23-16(24-29-17)11-4-2-1-3-5-11/h1-8,13H,9-10H2,(H3,21,22,26). The number of ether oxygens (including phenoxy) is 1. The molecule has 2 heterocycles. The molecule has 0 aliphatic carbocycles. The van der Waals surface area contributed by atoms with Crippen molar-refractivity contribution in [1.82, 2.24) is 15.5 Å². The van der Waals surface area contributed by atoms with Gasteiger partial charge < -0.3 is 20.3 Å². The summed E-state index contributed by atoms with van der Waals surface area (Å²) in [5.74, 6) is 0.847. The summed E-state index contributed by atoms with van der Waals surface area (Å²) >= 11 is 3.50. The van der Waals surface area contributed by atoms with Gasteiger partial charge in [-0.05, 0) is 34.1 Å². The van der Waals surface area contributed by atoms with Crippen molar-refractivity contribution in [2.45, 2.75) is 6.10 Å². The Morgan fingerprint density at radius 2 is 2.07 bits per heavy atom. The van der Waals surface area contributed by atoms with E-state index in [1.54, 1.807) is 18.2 Å². The molecule has 1 fully saturated rings. The molecule has 2 aromatic carbocycles. The van der Waals surface area contributed by atoms with Gasteiger partial charge in [-0.25, -0.2) is 9.59 Å². The highest BCUT2D eigenvalue weighted by molar-refractivity contribution is 9.10. The molecule has 1 unspecified atom stereocenters. The van der Waals surface area contributed by atoms with Gasteiger partial charge in [0, 0.05) is 15.7 Å². The molecular weight excluding hydrogens is 442 g/mol. The zero-order chi connectivity index (χ0) is 20.4. The van der Waals surface area contributed by atoms with Gasteiger partial charge in [-0.2, -0.15) is 4.98 Å². The molecule has 9 nitrogen and oxygen atoms in total. The topological polar surface area (TPSA) is 124 Å². The molecule has 1 atom stereocenters. The summed E-state index contributed by atoms with van der Waals surface area (Å²) in [6.45, 7) is 0.449. The van der Waals surface area contributed by atoms with Crippen LogP contribution in [-0.2, 0) is 4.74 Å². The quantitative estimate of drug-likeness (QED) is 0.606. The molecule has 3 amide bonds. The number of hydrogen-bond donors (Lipinski definition) is 2. The number of nitrogens with one attached hydrogen (secondary N) is 1. The van der Waals surface area contributed by atoms with Crippen LogP contribution < -0.4 is 16.0 Å². The van der Waals surface area contributed by atoms with E-state index < -0.39 is 18.2 Å². The predicted octanol–water partition coefficient (Wildman–Crippen LogP) is 3.16. The first-order chi connectivity index (χ1) is 14.0. The third kappa shape index (κ3) is 4.06. The van der Waals surface area contributed by atoms with Crippen LogP contribution in [0.1, 0.15) is 0 Å². The molecule has 0 saturated carbocycles. The maximum Gasteiger partial charge on any atom is 0.414 e. The second-order valence-electron chi connectivity index (χ2n) is 6.31. The maximum atomic E-state index is 12.2. The van der Waals surface area contributed by atoms with Gasteiger partial charge >= 0.3 is 12.1 Å². The van der Waals surface area contributed by atoms with E-state index >= 15 is 0 Å². The molecule has 0 spiro atoms. The molecule has 4 rings (SSSR count). The third-order valence-electron chi connectivity index (χ3n) is 4.33. The second-order valence-corrected chi connectivity index (χ2v) is 7.17. The number of urea groups is 1. The number of halogens is 1. The average molecular weight is 458 g/mol. The minimum absolute atomic E-state index is 0.154. The van der Waals surface area contributed by atoms with Crippen LogP contribution in [-0.4, -0.2) is 41.5 Å². The highest BCUT2D eigenvalue weighted by atomic mass is 79.9. The number of rotatable bonds is 5. The zero-order valence-electron chi connectivity index (χ0n) is 15.0. The van der Waals surface area contributed by atoms with Crippen molar-refractivity contribution in [3.8, 4) is 22.8 Å². The van der Waals surface area contributed by atoms with Gasteiger partial charge in [0.05, 0.1) is 18.7 Å². The van der Waals surface area contributed by atoms with E-state index in [4.69, 9.17) is 15.0 Å². The Kier molecular flexibility index (Phi) is 5.17. The molecule has 1 aliphatic heterocycles. The normalized spacial score (nSPS) is 16.0. The Morgan fingerprint density at radius 3 is 2.79 bits per heavy atom. The average Bonchev–Trinajstić information content (AvgIpc) is 3.34. The van der Waals surface area contributed by atoms with Gasteiger partial charge in [0.25, 0.3) is 5.89 Å². The van der Waals surface area contributed by atoms with E-state index in [9.17, 15) is 9.59 Å². The minimum Gasteiger partial charge on any atom is -0.442 e. The summed E-state index contributed by atoms with van der Waals surface area (Å²) < 4.78 is 11.3. The van der Waals surface area contributed by atoms with Gasteiger partial charge in [-0.15, -0.1) is 0 Å². The van der Waals surface area contributed by atoms with Crippen molar-refractivity contribution in [3.05, 3.63) is 53.0 Å². The van der Waals surface area contributed by atoms with E-state index in [-0.39, 0.29) is 6.54 Å². The first-order valence-corrected chi connectivity index (χ1v) is 9.51. The minimum atomic E-state index is -0.666. The van der Waals surface area contributed by atoms with Gasteiger partial charge in [-0.3, -0.25) is 4.90 Å². The third-order valence-corrected chi connectivity index (χ3v) is 4.99. The molecule has 1 saturated heterocycles. The smallest absolute Gasteiger partial charge is 0.414 e. The van der Waals surface area contributed by atoms with E-state index in [0.717, 1.165) is 5.56 Å². The number of primary amides is 1. The van der Waals surface area contributed by atoms with Gasteiger partial charge in [0.2, 0.25) is 5.82 Å². The van der Waals surface area contributed by atoms with E-state index in [1.807, 2.05) is 30.3 Å². The second kappa shape index (κ2) is 7.92. The summed E-state index contributed by atoms with van der Waals surface area (Å²) in [6, 6.07) is 14.2. The van der Waals surface area contributed by atoms with Crippen molar-refractivity contribution in [3.63, 3.8) is 0 Å². The summed E-state index contributed by atoms with van der Waals surface area (Å²) in [4.78, 5) is 28.9. The monoisotopic (exact) mass is 457 g/mol. The Morgan fingerprint density at radius 1 is 1.28 bits per heavy atom. The fourth-order valence-electron chi connectivity index (χ4n) is 2.94. The molecule has 148 valence electrons. The first kappa shape index (κ1) is 18.9. The number of amides is 3. The van der Waals surface area contributed by atoms with Gasteiger partial charge in [-0.1, -0.05) is 35.5 Å². The molecule has 0 radical (unpaired) electrons. The lowest BCUT2D eigenvalue weighted by atomic mass is 10.2. The van der Waals surface area contributed by atoms with Crippen LogP contribution in [0.2, 0.25) is 0 Å². The van der Waals surface area contributed by atoms with E-state index in [1.165, 1.54) is 4.90 Å². The van der Waals surface area contributed by atoms with E-state index in [2.05, 4.69) is 31.4 Å². The lowest BCUT2D eigenvalue weighted by Crippen LogP contribution is -2.37. The van der Waals surface area contributed by atoms with Crippen LogP contribution in [0, 0.1) is 0 Å². The van der Waals surface area contributed by atoms with Crippen LogP contribution >= 0.6 is 15.9 Å². The fraction of sp³-hybridized carbons (Fsp3) is 0.158. The SMILES string of the molecule is NC(=O)NCC1CN(c2ccc(-c3nc(-c4ccccc4)no3)c(Br)c2)C(=O)O1. The molecule has 29 heavy (non-hydrogen) atoms. The number of anilines is 1. The van der Waals surface area contributed by atoms with Gasteiger partial charge in [0.15, 0.2) is 0 Å². The molecule has 3 aromatic rings.